The van der Waals surface area contributed by atoms with Crippen LogP contribution in [-0.2, 0) is 14.8 Å². The zero-order valence-electron chi connectivity index (χ0n) is 37.2. The van der Waals surface area contributed by atoms with Gasteiger partial charge in [0, 0.05) is 61.6 Å². The third-order valence-corrected chi connectivity index (χ3v) is 15.6. The number of anilines is 2. The fraction of sp³-hybridized carbons (Fsp3) is 0.479. The maximum absolute atomic E-state index is 14.0. The first-order valence-electron chi connectivity index (χ1n) is 22.8. The van der Waals surface area contributed by atoms with E-state index in [-0.39, 0.29) is 34.5 Å². The minimum Gasteiger partial charge on any atom is -0.455 e. The number of benzene rings is 2. The zero-order chi connectivity index (χ0) is 45.5. The van der Waals surface area contributed by atoms with E-state index in [9.17, 15) is 28.4 Å². The molecule has 17 heteroatoms. The number of carbonyl (C=O) groups is 1. The lowest BCUT2D eigenvalue weighted by Gasteiger charge is -2.57. The molecule has 4 fully saturated rings. The van der Waals surface area contributed by atoms with E-state index in [2.05, 4.69) is 72.9 Å². The van der Waals surface area contributed by atoms with E-state index in [1.165, 1.54) is 17.3 Å². The van der Waals surface area contributed by atoms with Gasteiger partial charge in [0.15, 0.2) is 0 Å². The average Bonchev–Trinajstić information content (AvgIpc) is 3.76. The van der Waals surface area contributed by atoms with Crippen LogP contribution in [0.2, 0.25) is 0 Å². The summed E-state index contributed by atoms with van der Waals surface area (Å²) in [4.78, 5) is 41.4. The molecule has 2 aliphatic heterocycles. The molecule has 0 bridgehead atoms. The van der Waals surface area contributed by atoms with E-state index in [1.54, 1.807) is 37.4 Å². The Kier molecular flexibility index (Phi) is 12.3. The molecule has 5 aromatic rings. The van der Waals surface area contributed by atoms with Gasteiger partial charge in [-0.2, -0.15) is 0 Å². The Morgan fingerprint density at radius 1 is 1.03 bits per heavy atom. The molecule has 4 aliphatic rings. The number of nitro groups is 1. The molecule has 2 saturated carbocycles. The molecule has 3 aromatic heterocycles. The van der Waals surface area contributed by atoms with Gasteiger partial charge in [-0.05, 0) is 111 Å². The van der Waals surface area contributed by atoms with E-state index in [0.29, 0.717) is 49.3 Å². The van der Waals surface area contributed by atoms with Crippen molar-refractivity contribution in [3.63, 3.8) is 0 Å². The summed E-state index contributed by atoms with van der Waals surface area (Å²) in [5.41, 5.74) is 3.20. The first-order chi connectivity index (χ1) is 31.2. The van der Waals surface area contributed by atoms with Crippen molar-refractivity contribution in [3.8, 4) is 11.5 Å². The van der Waals surface area contributed by atoms with Gasteiger partial charge in [0.25, 0.3) is 15.9 Å². The summed E-state index contributed by atoms with van der Waals surface area (Å²) in [5, 5.41) is 26.2. The molecule has 2 aliphatic carbocycles. The van der Waals surface area contributed by atoms with Gasteiger partial charge in [0.1, 0.15) is 22.0 Å². The molecule has 1 atom stereocenters. The number of rotatable bonds is 13. The van der Waals surface area contributed by atoms with Crippen molar-refractivity contribution in [1.29, 1.82) is 0 Å². The van der Waals surface area contributed by atoms with E-state index in [4.69, 9.17) is 9.47 Å². The SMILES string of the molecule is CC(C)c1ccccc1[C@H]1COCCN1C1CC2(CCN(c3ccc(C(=O)NS(=O)(=O)c4cnc(NC[C@H]5CC[C@@](C)(O)CC5)c([N+](=O)[O-])c4)c(Oc4cnc5[nH]ccc5c4)c3)CC2)C1. The third-order valence-electron chi connectivity index (χ3n) is 14.3. The molecule has 16 nitrogen and oxygen atoms in total. The number of pyridine rings is 2. The van der Waals surface area contributed by atoms with Crippen LogP contribution in [-0.4, -0.2) is 95.2 Å². The van der Waals surface area contributed by atoms with Crippen molar-refractivity contribution in [3.05, 3.63) is 106 Å². The monoisotopic (exact) mass is 906 g/mol. The lowest BCUT2D eigenvalue weighted by molar-refractivity contribution is -0.384. The minimum absolute atomic E-state index is 0.0480. The van der Waals surface area contributed by atoms with Crippen LogP contribution in [0.15, 0.2) is 84.1 Å². The van der Waals surface area contributed by atoms with Crippen LogP contribution in [0.4, 0.5) is 17.2 Å². The number of piperidine rings is 1. The number of aromatic amines is 1. The normalized spacial score (nSPS) is 22.8. The predicted octanol–water partition coefficient (Wildman–Crippen LogP) is 8.08. The van der Waals surface area contributed by atoms with Gasteiger partial charge >= 0.3 is 5.69 Å². The molecule has 4 N–H and O–H groups in total. The molecule has 344 valence electrons. The summed E-state index contributed by atoms with van der Waals surface area (Å²) < 4.78 is 41.9. The molecule has 65 heavy (non-hydrogen) atoms. The van der Waals surface area contributed by atoms with Gasteiger partial charge < -0.3 is 29.8 Å². The molecule has 1 spiro atoms. The number of fused-ring (bicyclic) bond motifs is 1. The number of ether oxygens (including phenoxy) is 2. The van der Waals surface area contributed by atoms with Crippen molar-refractivity contribution in [1.82, 2.24) is 24.6 Å². The van der Waals surface area contributed by atoms with Crippen LogP contribution in [0.25, 0.3) is 11.0 Å². The van der Waals surface area contributed by atoms with Gasteiger partial charge in [0.2, 0.25) is 5.82 Å². The van der Waals surface area contributed by atoms with Crippen LogP contribution in [0, 0.1) is 21.4 Å². The summed E-state index contributed by atoms with van der Waals surface area (Å²) >= 11 is 0. The molecule has 0 radical (unpaired) electrons. The van der Waals surface area contributed by atoms with E-state index in [0.717, 1.165) is 88.1 Å². The Bertz CT molecular complexity index is 2660. The average molecular weight is 907 g/mol. The fourth-order valence-electron chi connectivity index (χ4n) is 10.4. The molecule has 1 amide bonds. The van der Waals surface area contributed by atoms with Crippen LogP contribution < -0.4 is 19.7 Å². The number of hydrogen-bond acceptors (Lipinski definition) is 13. The number of hydrogen-bond donors (Lipinski definition) is 4. The molecule has 2 aromatic carbocycles. The number of aromatic nitrogens is 3. The predicted molar refractivity (Wildman–Crippen MR) is 247 cm³/mol. The minimum atomic E-state index is -4.63. The summed E-state index contributed by atoms with van der Waals surface area (Å²) in [5.74, 6) is 0.0227. The van der Waals surface area contributed by atoms with Crippen LogP contribution in [0.1, 0.15) is 106 Å². The highest BCUT2D eigenvalue weighted by atomic mass is 32.2. The van der Waals surface area contributed by atoms with Gasteiger partial charge in [-0.3, -0.25) is 19.8 Å². The first-order valence-corrected chi connectivity index (χ1v) is 24.2. The highest BCUT2D eigenvalue weighted by Gasteiger charge is 2.50. The number of sulfonamides is 1. The molecular weight excluding hydrogens is 849 g/mol. The standard InChI is InChI=1S/C48H58N8O8S/c1-31(2)38-6-4-5-7-39(38)42-30-63-21-20-55(42)35-25-48(26-35)15-18-54(19-16-48)34-8-9-40(43(23-34)64-36-22-33-12-17-49-44(33)51-28-36)46(57)53-65(61,62)37-24-41(56(59)60)45(52-29-37)50-27-32-10-13-47(3,58)14-11-32/h4-9,12,17,22-24,28-29,31-32,35,42,58H,10-11,13-16,18-21,25-27,30H2,1-3H3,(H,49,51)(H,50,52)(H,53,57)/t32-,42-,47+/m1/s1. The summed E-state index contributed by atoms with van der Waals surface area (Å²) in [6.07, 6.45) is 11.3. The quantitative estimate of drug-likeness (QED) is 0.0653. The van der Waals surface area contributed by atoms with Crippen molar-refractivity contribution in [2.24, 2.45) is 11.3 Å². The van der Waals surface area contributed by atoms with Gasteiger partial charge in [-0.15, -0.1) is 0 Å². The second kappa shape index (κ2) is 18.0. The summed E-state index contributed by atoms with van der Waals surface area (Å²) in [6, 6.07) is 19.2. The largest absolute Gasteiger partial charge is 0.455 e. The van der Waals surface area contributed by atoms with E-state index >= 15 is 0 Å². The van der Waals surface area contributed by atoms with E-state index < -0.39 is 37.0 Å². The van der Waals surface area contributed by atoms with Crippen molar-refractivity contribution in [2.45, 2.75) is 101 Å². The molecule has 2 saturated heterocycles. The van der Waals surface area contributed by atoms with Crippen molar-refractivity contribution >= 4 is 44.2 Å². The first kappa shape index (κ1) is 44.6. The Labute approximate surface area is 379 Å². The molecule has 9 rings (SSSR count). The van der Waals surface area contributed by atoms with Crippen LogP contribution in [0.3, 0.4) is 0 Å². The number of carbonyl (C=O) groups excluding carboxylic acids is 1. The number of nitrogens with one attached hydrogen (secondary N) is 3. The van der Waals surface area contributed by atoms with Gasteiger partial charge in [-0.25, -0.2) is 23.1 Å². The fourth-order valence-corrected chi connectivity index (χ4v) is 11.3. The lowest BCUT2D eigenvalue weighted by Crippen LogP contribution is -2.58. The van der Waals surface area contributed by atoms with E-state index in [1.807, 2.05) is 6.07 Å². The van der Waals surface area contributed by atoms with Crippen LogP contribution in [0.5, 0.6) is 11.5 Å². The van der Waals surface area contributed by atoms with Crippen molar-refractivity contribution < 1.29 is 32.7 Å². The Balaban J connectivity index is 0.898. The second-order valence-electron chi connectivity index (χ2n) is 19.1. The smallest absolute Gasteiger partial charge is 0.312 e. The number of nitrogens with zero attached hydrogens (tertiary/aromatic N) is 5. The van der Waals surface area contributed by atoms with Crippen molar-refractivity contribution in [2.75, 3.05) is 49.6 Å². The van der Waals surface area contributed by atoms with Crippen LogP contribution >= 0.6 is 0 Å². The molecule has 5 heterocycles. The second-order valence-corrected chi connectivity index (χ2v) is 20.8. The zero-order valence-corrected chi connectivity index (χ0v) is 38.0. The lowest BCUT2D eigenvalue weighted by atomic mass is 9.59. The summed E-state index contributed by atoms with van der Waals surface area (Å²) in [7, 11) is -4.63. The Hall–Kier alpha value is -5.62. The number of H-pyrrole nitrogens is 1. The number of aliphatic hydroxyl groups is 1. The molecular formula is C48H58N8O8S. The highest BCUT2D eigenvalue weighted by molar-refractivity contribution is 7.90. The topological polar surface area (TPSA) is 205 Å². The van der Waals surface area contributed by atoms with Gasteiger partial charge in [-0.1, -0.05) is 38.1 Å². The highest BCUT2D eigenvalue weighted by Crippen LogP contribution is 2.53. The number of amides is 1. The molecule has 0 unspecified atom stereocenters. The summed E-state index contributed by atoms with van der Waals surface area (Å²) in [6.45, 7) is 10.7. The van der Waals surface area contributed by atoms with Gasteiger partial charge in [0.05, 0.1) is 47.7 Å². The Morgan fingerprint density at radius 3 is 2.55 bits per heavy atom. The maximum atomic E-state index is 14.0. The third kappa shape index (κ3) is 9.55. The maximum Gasteiger partial charge on any atom is 0.312 e. The number of morpholine rings is 1. The Morgan fingerprint density at radius 2 is 1.80 bits per heavy atom.